The van der Waals surface area contributed by atoms with E-state index >= 15 is 0 Å². The molecular weight excluding hydrogens is 371 g/mol. The van der Waals surface area contributed by atoms with E-state index in [0.717, 1.165) is 4.57 Å². The van der Waals surface area contributed by atoms with Gasteiger partial charge in [-0.1, -0.05) is 0 Å². The highest BCUT2D eigenvalue weighted by atomic mass is 19.1. The Morgan fingerprint density at radius 3 is 2.63 bits per heavy atom. The monoisotopic (exact) mass is 392 g/mol. The second-order valence-corrected chi connectivity index (χ2v) is 6.49. The van der Waals surface area contributed by atoms with Crippen molar-refractivity contribution in [2.24, 2.45) is 0 Å². The molecule has 12 heteroatoms. The first-order valence-electron chi connectivity index (χ1n) is 8.38. The summed E-state index contributed by atoms with van der Waals surface area (Å²) >= 11 is 0. The highest BCUT2D eigenvalue weighted by molar-refractivity contribution is 4.91. The molecule has 0 radical (unpaired) electrons. The number of hydrogen-bond acceptors (Lipinski definition) is 9. The van der Waals surface area contributed by atoms with Gasteiger partial charge in [0.2, 0.25) is 5.82 Å². The third-order valence-corrected chi connectivity index (χ3v) is 4.60. The van der Waals surface area contributed by atoms with Gasteiger partial charge in [0.15, 0.2) is 6.29 Å². The van der Waals surface area contributed by atoms with Crippen LogP contribution in [0.5, 0.6) is 0 Å². The van der Waals surface area contributed by atoms with Gasteiger partial charge < -0.3 is 34.6 Å². The number of ether oxygens (including phenoxy) is 3. The van der Waals surface area contributed by atoms with Crippen LogP contribution in [0.1, 0.15) is 19.1 Å². The molecule has 5 N–H and O–H groups in total. The molecule has 2 saturated heterocycles. The van der Waals surface area contributed by atoms with Crippen molar-refractivity contribution >= 4 is 0 Å². The first kappa shape index (κ1) is 20.1. The van der Waals surface area contributed by atoms with Crippen molar-refractivity contribution in [3.63, 3.8) is 0 Å². The summed E-state index contributed by atoms with van der Waals surface area (Å²) in [7, 11) is 0. The number of nitrogens with zero attached hydrogens (tertiary/aromatic N) is 1. The van der Waals surface area contributed by atoms with E-state index in [1.54, 1.807) is 4.98 Å². The standard InChI is InChI=1S/C15H21FN2O9/c16-6-3-18(15(24)17-14(6)23)11-1-7(20)10(26-11)5-25-12-2-8(21)13(22)9(4-19)27-12/h3,7-13,19-22H,1-2,4-5H2,(H,17,23,24)/t7-,8+,9+,10+,11+,12+,13+/m0/s1. The summed E-state index contributed by atoms with van der Waals surface area (Å²) in [4.78, 5) is 24.7. The van der Waals surface area contributed by atoms with E-state index in [-0.39, 0.29) is 19.4 Å². The summed E-state index contributed by atoms with van der Waals surface area (Å²) in [5, 5.41) is 38.7. The Morgan fingerprint density at radius 2 is 1.93 bits per heavy atom. The van der Waals surface area contributed by atoms with Crippen LogP contribution in [0, 0.1) is 5.82 Å². The fourth-order valence-electron chi connectivity index (χ4n) is 3.09. The molecule has 27 heavy (non-hydrogen) atoms. The van der Waals surface area contributed by atoms with Crippen LogP contribution in [-0.4, -0.2) is 80.0 Å². The van der Waals surface area contributed by atoms with Crippen LogP contribution in [0.3, 0.4) is 0 Å². The van der Waals surface area contributed by atoms with Gasteiger partial charge in [-0.25, -0.2) is 4.79 Å². The van der Waals surface area contributed by atoms with E-state index < -0.39 is 66.7 Å². The number of aromatic nitrogens is 2. The minimum Gasteiger partial charge on any atom is -0.394 e. The molecule has 152 valence electrons. The van der Waals surface area contributed by atoms with Crippen LogP contribution >= 0.6 is 0 Å². The third kappa shape index (κ3) is 4.27. The predicted octanol–water partition coefficient (Wildman–Crippen LogP) is -2.83. The average Bonchev–Trinajstić information content (AvgIpc) is 2.99. The van der Waals surface area contributed by atoms with Crippen LogP contribution < -0.4 is 11.2 Å². The van der Waals surface area contributed by atoms with Crippen LogP contribution in [0.4, 0.5) is 4.39 Å². The normalized spacial score (nSPS) is 36.9. The summed E-state index contributed by atoms with van der Waals surface area (Å²) in [6, 6.07) is 0. The molecule has 3 heterocycles. The SMILES string of the molecule is O=c1[nH]c(=O)n([C@H]2C[C@H](O)[C@@H](CO[C@H]3C[C@@H](O)[C@@H](O)[C@@H](CO)O3)O2)cc1F. The molecular formula is C15H21FN2O9. The average molecular weight is 392 g/mol. The fourth-order valence-corrected chi connectivity index (χ4v) is 3.09. The van der Waals surface area contributed by atoms with Crippen molar-refractivity contribution in [2.45, 2.75) is 55.9 Å². The quantitative estimate of drug-likeness (QED) is 0.355. The highest BCUT2D eigenvalue weighted by Crippen LogP contribution is 2.29. The molecule has 3 rings (SSSR count). The minimum atomic E-state index is -1.24. The number of hydrogen-bond donors (Lipinski definition) is 5. The lowest BCUT2D eigenvalue weighted by Crippen LogP contribution is -2.51. The van der Waals surface area contributed by atoms with Crippen LogP contribution in [0.15, 0.2) is 15.8 Å². The minimum absolute atomic E-state index is 0.0362. The maximum atomic E-state index is 13.4. The van der Waals surface area contributed by atoms with Gasteiger partial charge in [0.25, 0.3) is 5.56 Å². The molecule has 0 spiro atoms. The lowest BCUT2D eigenvalue weighted by Gasteiger charge is -2.36. The number of halogens is 1. The summed E-state index contributed by atoms with van der Waals surface area (Å²) in [6.07, 6.45) is -6.64. The predicted molar refractivity (Wildman–Crippen MR) is 84.1 cm³/mol. The Balaban J connectivity index is 1.60. The lowest BCUT2D eigenvalue weighted by molar-refractivity contribution is -0.264. The van der Waals surface area contributed by atoms with Crippen molar-refractivity contribution in [1.82, 2.24) is 9.55 Å². The maximum Gasteiger partial charge on any atom is 0.330 e. The molecule has 0 saturated carbocycles. The smallest absolute Gasteiger partial charge is 0.330 e. The summed E-state index contributed by atoms with van der Waals surface area (Å²) in [5.74, 6) is -1.16. The van der Waals surface area contributed by atoms with Gasteiger partial charge in [-0.15, -0.1) is 0 Å². The van der Waals surface area contributed by atoms with Gasteiger partial charge in [0, 0.05) is 12.8 Å². The van der Waals surface area contributed by atoms with Gasteiger partial charge in [-0.05, 0) is 0 Å². The zero-order chi connectivity index (χ0) is 19.7. The molecule has 0 amide bonds. The summed E-state index contributed by atoms with van der Waals surface area (Å²) < 4.78 is 30.5. The second-order valence-electron chi connectivity index (χ2n) is 6.49. The molecule has 2 aliphatic rings. The van der Waals surface area contributed by atoms with E-state index in [1.807, 2.05) is 0 Å². The molecule has 2 fully saturated rings. The van der Waals surface area contributed by atoms with Crippen LogP contribution in [-0.2, 0) is 14.2 Å². The number of aliphatic hydroxyl groups is 4. The Labute approximate surface area is 151 Å². The van der Waals surface area contributed by atoms with Crippen LogP contribution in [0.2, 0.25) is 0 Å². The maximum absolute atomic E-state index is 13.4. The topological polar surface area (TPSA) is 163 Å². The first-order chi connectivity index (χ1) is 12.8. The van der Waals surface area contributed by atoms with E-state index in [9.17, 15) is 29.3 Å². The molecule has 0 aromatic carbocycles. The van der Waals surface area contributed by atoms with Gasteiger partial charge in [-0.2, -0.15) is 4.39 Å². The number of aromatic amines is 1. The molecule has 1 aromatic heterocycles. The number of H-pyrrole nitrogens is 1. The van der Waals surface area contributed by atoms with E-state index in [4.69, 9.17) is 19.3 Å². The van der Waals surface area contributed by atoms with E-state index in [2.05, 4.69) is 0 Å². The van der Waals surface area contributed by atoms with Gasteiger partial charge in [-0.3, -0.25) is 14.3 Å². The van der Waals surface area contributed by atoms with Crippen LogP contribution in [0.25, 0.3) is 0 Å². The molecule has 7 atom stereocenters. The fraction of sp³-hybridized carbons (Fsp3) is 0.733. The summed E-state index contributed by atoms with van der Waals surface area (Å²) in [5.41, 5.74) is -2.03. The number of nitrogens with one attached hydrogen (secondary N) is 1. The molecule has 0 bridgehead atoms. The Kier molecular flexibility index (Phi) is 6.05. The Morgan fingerprint density at radius 1 is 1.19 bits per heavy atom. The van der Waals surface area contributed by atoms with E-state index in [0.29, 0.717) is 6.20 Å². The number of rotatable bonds is 5. The highest BCUT2D eigenvalue weighted by Gasteiger charge is 2.39. The molecule has 0 aliphatic carbocycles. The van der Waals surface area contributed by atoms with Crippen molar-refractivity contribution in [3.8, 4) is 0 Å². The van der Waals surface area contributed by atoms with Crippen molar-refractivity contribution in [1.29, 1.82) is 0 Å². The largest absolute Gasteiger partial charge is 0.394 e. The lowest BCUT2D eigenvalue weighted by atomic mass is 10.0. The third-order valence-electron chi connectivity index (χ3n) is 4.60. The zero-order valence-electron chi connectivity index (χ0n) is 14.1. The second kappa shape index (κ2) is 8.14. The molecule has 1 aromatic rings. The first-order valence-corrected chi connectivity index (χ1v) is 8.38. The molecule has 0 unspecified atom stereocenters. The van der Waals surface area contributed by atoms with E-state index in [1.165, 1.54) is 0 Å². The Hall–Kier alpha value is -1.67. The van der Waals surface area contributed by atoms with Crippen molar-refractivity contribution < 1.29 is 39.0 Å². The van der Waals surface area contributed by atoms with Gasteiger partial charge >= 0.3 is 5.69 Å². The number of aliphatic hydroxyl groups excluding tert-OH is 4. The summed E-state index contributed by atoms with van der Waals surface area (Å²) in [6.45, 7) is -0.687. The van der Waals surface area contributed by atoms with Gasteiger partial charge in [0.1, 0.15) is 24.5 Å². The van der Waals surface area contributed by atoms with Crippen molar-refractivity contribution in [3.05, 3.63) is 32.9 Å². The molecule has 2 aliphatic heterocycles. The van der Waals surface area contributed by atoms with Gasteiger partial charge in [0.05, 0.1) is 31.6 Å². The van der Waals surface area contributed by atoms with Crippen molar-refractivity contribution in [2.75, 3.05) is 13.2 Å². The molecule has 11 nitrogen and oxygen atoms in total. The Bertz CT molecular complexity index is 768. The zero-order valence-corrected chi connectivity index (χ0v) is 14.1.